The molecule has 46 valence electrons. The third-order valence-corrected chi connectivity index (χ3v) is 0.333. The number of hydrogen-bond donors (Lipinski definition) is 2. The van der Waals surface area contributed by atoms with Crippen molar-refractivity contribution in [1.29, 1.82) is 0 Å². The molecule has 0 aliphatic heterocycles. The minimum absolute atomic E-state index is 0. The van der Waals surface area contributed by atoms with Crippen LogP contribution >= 0.6 is 0 Å². The van der Waals surface area contributed by atoms with Crippen LogP contribution in [0.15, 0.2) is 12.3 Å². The van der Waals surface area contributed by atoms with E-state index in [4.69, 9.17) is 0 Å². The number of hydrogen-bond acceptors (Lipinski definition) is 0. The summed E-state index contributed by atoms with van der Waals surface area (Å²) in [6, 6.07) is 0. The average Bonchev–Trinajstić information content (AvgIpc) is 1.41. The highest BCUT2D eigenvalue weighted by molar-refractivity contribution is 4.65. The van der Waals surface area contributed by atoms with Crippen LogP contribution in [0.3, 0.4) is 0 Å². The molecular formula is C3H10Cl2N2. The minimum atomic E-state index is 0. The van der Waals surface area contributed by atoms with Gasteiger partial charge < -0.3 is 36.3 Å². The topological polar surface area (TPSA) is 55.3 Å². The summed E-state index contributed by atoms with van der Waals surface area (Å²) in [5.74, 6) is 0. The van der Waals surface area contributed by atoms with Crippen LogP contribution < -0.4 is 36.3 Å². The van der Waals surface area contributed by atoms with Gasteiger partial charge in [0.05, 0.1) is 12.7 Å². The van der Waals surface area contributed by atoms with Gasteiger partial charge in [0.2, 0.25) is 0 Å². The van der Waals surface area contributed by atoms with Crippen LogP contribution in [0.25, 0.3) is 0 Å². The lowest BCUT2D eigenvalue weighted by Crippen LogP contribution is -3.00. The minimum Gasteiger partial charge on any atom is -1.00 e. The number of rotatable bonds is 1. The van der Waals surface area contributed by atoms with Crippen molar-refractivity contribution < 1.29 is 36.3 Å². The van der Waals surface area contributed by atoms with Crippen LogP contribution in [0.2, 0.25) is 0 Å². The third-order valence-electron chi connectivity index (χ3n) is 0.333. The van der Waals surface area contributed by atoms with Gasteiger partial charge in [0.1, 0.15) is 0 Å². The third kappa shape index (κ3) is 22.4. The van der Waals surface area contributed by atoms with E-state index in [1.54, 1.807) is 6.20 Å². The van der Waals surface area contributed by atoms with Gasteiger partial charge in [-0.3, -0.25) is 0 Å². The molecule has 0 radical (unpaired) electrons. The van der Waals surface area contributed by atoms with Crippen LogP contribution in [0, 0.1) is 0 Å². The molecule has 0 saturated heterocycles. The highest BCUT2D eigenvalue weighted by Gasteiger charge is 1.58. The van der Waals surface area contributed by atoms with Gasteiger partial charge in [0.15, 0.2) is 0 Å². The predicted molar refractivity (Wildman–Crippen MR) is 19.8 cm³/mol. The maximum atomic E-state index is 3.55. The lowest BCUT2D eigenvalue weighted by Gasteiger charge is -1.61. The second-order valence-corrected chi connectivity index (χ2v) is 0.760. The molecule has 0 amide bonds. The van der Waals surface area contributed by atoms with Crippen LogP contribution in [0.4, 0.5) is 0 Å². The molecule has 0 aromatic rings. The Morgan fingerprint density at radius 1 is 1.29 bits per heavy atom. The molecule has 0 aliphatic rings. The van der Waals surface area contributed by atoms with Crippen LogP contribution in [0.5, 0.6) is 0 Å². The van der Waals surface area contributed by atoms with Gasteiger partial charge in [-0.15, -0.1) is 0 Å². The van der Waals surface area contributed by atoms with Gasteiger partial charge in [0.25, 0.3) is 0 Å². The summed E-state index contributed by atoms with van der Waals surface area (Å²) in [6.45, 7) is 0.851. The summed E-state index contributed by atoms with van der Waals surface area (Å²) < 4.78 is 0. The molecule has 0 atom stereocenters. The largest absolute Gasteiger partial charge is 1.00 e. The van der Waals surface area contributed by atoms with Crippen molar-refractivity contribution in [2.24, 2.45) is 0 Å². The van der Waals surface area contributed by atoms with Gasteiger partial charge in [-0.25, -0.2) is 0 Å². The van der Waals surface area contributed by atoms with Crippen molar-refractivity contribution in [3.8, 4) is 0 Å². The van der Waals surface area contributed by atoms with Crippen LogP contribution in [-0.2, 0) is 0 Å². The summed E-state index contributed by atoms with van der Waals surface area (Å²) in [6.07, 6.45) is 3.65. The molecule has 0 bridgehead atoms. The van der Waals surface area contributed by atoms with E-state index in [9.17, 15) is 0 Å². The molecule has 0 aromatic heterocycles. The monoisotopic (exact) mass is 144 g/mol. The first-order valence-electron chi connectivity index (χ1n) is 1.65. The van der Waals surface area contributed by atoms with Gasteiger partial charge in [-0.2, -0.15) is 0 Å². The Kier molecular flexibility index (Phi) is 36.6. The van der Waals surface area contributed by atoms with Crippen LogP contribution in [-0.4, -0.2) is 6.54 Å². The lowest BCUT2D eigenvalue weighted by atomic mass is 10.6. The molecule has 4 heteroatoms. The second kappa shape index (κ2) is 16.3. The number of halogens is 2. The van der Waals surface area contributed by atoms with E-state index in [0.29, 0.717) is 0 Å². The summed E-state index contributed by atoms with van der Waals surface area (Å²) >= 11 is 0. The summed E-state index contributed by atoms with van der Waals surface area (Å²) in [7, 11) is 0. The predicted octanol–water partition coefficient (Wildman–Crippen LogP) is -8.01. The fourth-order valence-corrected chi connectivity index (χ4v) is 0.118. The molecule has 0 spiro atoms. The normalized spacial score (nSPS) is 7.14. The van der Waals surface area contributed by atoms with Crippen molar-refractivity contribution >= 4 is 0 Å². The number of quaternary nitrogens is 2. The molecule has 2 nitrogen and oxygen atoms in total. The van der Waals surface area contributed by atoms with Crippen molar-refractivity contribution in [2.75, 3.05) is 6.54 Å². The zero-order valence-electron chi connectivity index (χ0n) is 4.03. The van der Waals surface area contributed by atoms with Crippen molar-refractivity contribution in [1.82, 2.24) is 0 Å². The van der Waals surface area contributed by atoms with Gasteiger partial charge in [-0.1, -0.05) is 0 Å². The van der Waals surface area contributed by atoms with Crippen molar-refractivity contribution in [3.05, 3.63) is 12.3 Å². The molecule has 0 unspecified atom stereocenters. The SMILES string of the molecule is [Cl-].[Cl-].[NH3+]/C=C/C[NH3+]. The Hall–Kier alpha value is 0.240. The first-order chi connectivity index (χ1) is 2.41. The van der Waals surface area contributed by atoms with Gasteiger partial charge in [0, 0.05) is 6.08 Å². The first-order valence-corrected chi connectivity index (χ1v) is 1.65. The van der Waals surface area contributed by atoms with Crippen molar-refractivity contribution in [2.45, 2.75) is 0 Å². The lowest BCUT2D eigenvalue weighted by molar-refractivity contribution is -0.355. The molecule has 0 rings (SSSR count). The summed E-state index contributed by atoms with van der Waals surface area (Å²) in [5.41, 5.74) is 7.00. The molecule has 0 heterocycles. The van der Waals surface area contributed by atoms with E-state index >= 15 is 0 Å². The van der Waals surface area contributed by atoms with Gasteiger partial charge >= 0.3 is 0 Å². The Morgan fingerprint density at radius 2 is 1.71 bits per heavy atom. The quantitative estimate of drug-likeness (QED) is 0.368. The zero-order valence-corrected chi connectivity index (χ0v) is 5.54. The highest BCUT2D eigenvalue weighted by Crippen LogP contribution is 1.42. The molecule has 7 heavy (non-hydrogen) atoms. The Bertz CT molecular complexity index is 37.9. The maximum absolute atomic E-state index is 3.55. The van der Waals surface area contributed by atoms with E-state index in [1.807, 2.05) is 6.08 Å². The highest BCUT2D eigenvalue weighted by atomic mass is 35.5. The van der Waals surface area contributed by atoms with Crippen molar-refractivity contribution in [3.63, 3.8) is 0 Å². The first kappa shape index (κ1) is 15.7. The van der Waals surface area contributed by atoms with E-state index in [2.05, 4.69) is 11.5 Å². The molecule has 6 N–H and O–H groups in total. The Morgan fingerprint density at radius 3 is 1.71 bits per heavy atom. The zero-order chi connectivity index (χ0) is 4.12. The van der Waals surface area contributed by atoms with E-state index in [-0.39, 0.29) is 24.8 Å². The fourth-order valence-electron chi connectivity index (χ4n) is 0.118. The second-order valence-electron chi connectivity index (χ2n) is 0.760. The van der Waals surface area contributed by atoms with E-state index < -0.39 is 0 Å². The summed E-state index contributed by atoms with van der Waals surface area (Å²) in [5, 5.41) is 0. The molecule has 0 aliphatic carbocycles. The van der Waals surface area contributed by atoms with Crippen LogP contribution in [0.1, 0.15) is 0 Å². The summed E-state index contributed by atoms with van der Waals surface area (Å²) in [4.78, 5) is 0. The average molecular weight is 145 g/mol. The van der Waals surface area contributed by atoms with E-state index in [0.717, 1.165) is 6.54 Å². The molecule has 0 fully saturated rings. The molecule has 0 aromatic carbocycles. The van der Waals surface area contributed by atoms with E-state index in [1.165, 1.54) is 0 Å². The molecule has 0 saturated carbocycles. The Labute approximate surface area is 55.8 Å². The Balaban J connectivity index is -0.0000000800. The maximum Gasteiger partial charge on any atom is 0.0981 e. The fraction of sp³-hybridized carbons (Fsp3) is 0.333. The smallest absolute Gasteiger partial charge is 0.0981 e. The molecular weight excluding hydrogens is 135 g/mol. The van der Waals surface area contributed by atoms with Gasteiger partial charge in [-0.05, 0) is 0 Å². The standard InChI is InChI=1S/C3H8N2.2ClH/c4-2-1-3-5;;/h1-2H,3-5H2;2*1H/b2-1+;;.